The van der Waals surface area contributed by atoms with Gasteiger partial charge in [-0.3, -0.25) is 0 Å². The zero-order valence-electron chi connectivity index (χ0n) is 8.64. The zero-order valence-corrected chi connectivity index (χ0v) is 10.2. The van der Waals surface area contributed by atoms with Crippen molar-refractivity contribution in [2.45, 2.75) is 44.8 Å². The Bertz CT molecular complexity index is 226. The lowest BCUT2D eigenvalue weighted by Crippen LogP contribution is -2.30. The molecule has 0 fully saturated rings. The lowest BCUT2D eigenvalue weighted by Gasteiger charge is -2.18. The molecule has 0 aliphatic carbocycles. The first kappa shape index (κ1) is 13.2. The molecule has 0 atom stereocenters. The molecule has 0 spiro atoms. The van der Waals surface area contributed by atoms with Crippen molar-refractivity contribution >= 4 is 21.4 Å². The van der Waals surface area contributed by atoms with E-state index in [-0.39, 0.29) is 5.75 Å². The smallest absolute Gasteiger partial charge is 0.155 e. The summed E-state index contributed by atoms with van der Waals surface area (Å²) in [5, 5.41) is 0. The van der Waals surface area contributed by atoms with Crippen molar-refractivity contribution in [2.24, 2.45) is 0 Å². The lowest BCUT2D eigenvalue weighted by atomic mass is 10.3. The summed E-state index contributed by atoms with van der Waals surface area (Å²) in [6.45, 7) is 5.22. The van der Waals surface area contributed by atoms with Crippen molar-refractivity contribution in [2.75, 3.05) is 11.6 Å². The number of alkyl halides is 1. The summed E-state index contributed by atoms with van der Waals surface area (Å²) >= 11 is 5.49. The Balaban J connectivity index is 3.92. The van der Waals surface area contributed by atoms with E-state index in [9.17, 15) is 8.42 Å². The highest BCUT2D eigenvalue weighted by Gasteiger charge is 2.27. The van der Waals surface area contributed by atoms with Crippen LogP contribution < -0.4 is 0 Å². The SMILES string of the molecule is CC(C)(C)S(=O)(=O)CCCCCCl. The predicted octanol–water partition coefficient (Wildman–Crippen LogP) is 2.61. The maximum atomic E-state index is 11.6. The van der Waals surface area contributed by atoms with Crippen LogP contribution in [0, 0.1) is 0 Å². The monoisotopic (exact) mass is 226 g/mol. The fourth-order valence-electron chi connectivity index (χ4n) is 0.870. The third-order valence-electron chi connectivity index (χ3n) is 1.98. The quantitative estimate of drug-likeness (QED) is 0.534. The Morgan fingerprint density at radius 1 is 1.08 bits per heavy atom. The van der Waals surface area contributed by atoms with Crippen molar-refractivity contribution in [3.8, 4) is 0 Å². The van der Waals surface area contributed by atoms with Crippen LogP contribution in [0.1, 0.15) is 40.0 Å². The Kier molecular flexibility index (Phi) is 5.30. The Labute approximate surface area is 86.6 Å². The maximum Gasteiger partial charge on any atom is 0.155 e. The van der Waals surface area contributed by atoms with E-state index < -0.39 is 14.6 Å². The van der Waals surface area contributed by atoms with Crippen LogP contribution in [-0.2, 0) is 9.84 Å². The van der Waals surface area contributed by atoms with E-state index in [2.05, 4.69) is 0 Å². The topological polar surface area (TPSA) is 34.1 Å². The zero-order chi connectivity index (χ0) is 10.5. The molecule has 0 saturated carbocycles. The van der Waals surface area contributed by atoms with Gasteiger partial charge in [0.1, 0.15) is 0 Å². The van der Waals surface area contributed by atoms with Gasteiger partial charge in [-0.05, 0) is 33.6 Å². The van der Waals surface area contributed by atoms with Crippen LogP contribution in [0.3, 0.4) is 0 Å². The minimum absolute atomic E-state index is 0.285. The molecule has 0 rings (SSSR count). The van der Waals surface area contributed by atoms with Gasteiger partial charge in [0.25, 0.3) is 0 Å². The van der Waals surface area contributed by atoms with Gasteiger partial charge in [0.05, 0.1) is 10.5 Å². The number of hydrogen-bond donors (Lipinski definition) is 0. The van der Waals surface area contributed by atoms with Gasteiger partial charge in [0.2, 0.25) is 0 Å². The fraction of sp³-hybridized carbons (Fsp3) is 1.00. The Morgan fingerprint density at radius 3 is 2.00 bits per heavy atom. The van der Waals surface area contributed by atoms with Gasteiger partial charge in [-0.2, -0.15) is 0 Å². The molecule has 4 heteroatoms. The minimum atomic E-state index is -2.92. The van der Waals surface area contributed by atoms with Crippen molar-refractivity contribution in [1.29, 1.82) is 0 Å². The van der Waals surface area contributed by atoms with Crippen LogP contribution in [0.5, 0.6) is 0 Å². The van der Waals surface area contributed by atoms with Crippen molar-refractivity contribution in [3.05, 3.63) is 0 Å². The van der Waals surface area contributed by atoms with Crippen LogP contribution >= 0.6 is 11.6 Å². The second kappa shape index (κ2) is 5.20. The Morgan fingerprint density at radius 2 is 1.62 bits per heavy atom. The third-order valence-corrected chi connectivity index (χ3v) is 4.94. The van der Waals surface area contributed by atoms with Gasteiger partial charge < -0.3 is 0 Å². The van der Waals surface area contributed by atoms with Gasteiger partial charge in [-0.25, -0.2) is 8.42 Å². The normalized spacial score (nSPS) is 13.2. The van der Waals surface area contributed by atoms with E-state index in [0.717, 1.165) is 19.3 Å². The number of halogens is 1. The summed E-state index contributed by atoms with van der Waals surface area (Å²) in [4.78, 5) is 0. The molecule has 2 nitrogen and oxygen atoms in total. The van der Waals surface area contributed by atoms with E-state index in [1.807, 2.05) is 0 Å². The number of unbranched alkanes of at least 4 members (excludes halogenated alkanes) is 2. The largest absolute Gasteiger partial charge is 0.228 e. The molecule has 0 radical (unpaired) electrons. The molecule has 0 amide bonds. The van der Waals surface area contributed by atoms with Crippen LogP contribution in [0.2, 0.25) is 0 Å². The highest BCUT2D eigenvalue weighted by molar-refractivity contribution is 7.92. The fourth-order valence-corrected chi connectivity index (χ4v) is 2.26. The molecule has 0 aliphatic rings. The molecule has 0 aromatic rings. The van der Waals surface area contributed by atoms with Crippen molar-refractivity contribution in [3.63, 3.8) is 0 Å². The molecule has 0 aromatic heterocycles. The molecular weight excluding hydrogens is 208 g/mol. The van der Waals surface area contributed by atoms with E-state index >= 15 is 0 Å². The third kappa shape index (κ3) is 4.87. The second-order valence-corrected chi connectivity index (χ2v) is 7.42. The summed E-state index contributed by atoms with van der Waals surface area (Å²) < 4.78 is 22.5. The average Bonchev–Trinajstić information content (AvgIpc) is 1.96. The van der Waals surface area contributed by atoms with Gasteiger partial charge in [-0.15, -0.1) is 11.6 Å². The van der Waals surface area contributed by atoms with Crippen LogP contribution in [0.15, 0.2) is 0 Å². The minimum Gasteiger partial charge on any atom is -0.228 e. The standard InChI is InChI=1S/C9H19ClO2S/c1-9(2,3)13(11,12)8-6-4-5-7-10/h4-8H2,1-3H3. The molecule has 0 heterocycles. The average molecular weight is 227 g/mol. The molecule has 13 heavy (non-hydrogen) atoms. The lowest BCUT2D eigenvalue weighted by molar-refractivity contribution is 0.556. The molecule has 0 unspecified atom stereocenters. The number of rotatable bonds is 5. The molecule has 0 N–H and O–H groups in total. The van der Waals surface area contributed by atoms with Crippen molar-refractivity contribution in [1.82, 2.24) is 0 Å². The van der Waals surface area contributed by atoms with Crippen LogP contribution in [-0.4, -0.2) is 24.8 Å². The highest BCUT2D eigenvalue weighted by Crippen LogP contribution is 2.17. The van der Waals surface area contributed by atoms with Gasteiger partial charge in [-0.1, -0.05) is 6.42 Å². The van der Waals surface area contributed by atoms with Crippen LogP contribution in [0.25, 0.3) is 0 Å². The Hall–Kier alpha value is 0.240. The van der Waals surface area contributed by atoms with Gasteiger partial charge in [0, 0.05) is 5.88 Å². The van der Waals surface area contributed by atoms with Crippen molar-refractivity contribution < 1.29 is 8.42 Å². The maximum absolute atomic E-state index is 11.6. The highest BCUT2D eigenvalue weighted by atomic mass is 35.5. The molecule has 0 aromatic carbocycles. The van der Waals surface area contributed by atoms with Gasteiger partial charge in [0.15, 0.2) is 9.84 Å². The predicted molar refractivity (Wildman–Crippen MR) is 58.1 cm³/mol. The molecule has 0 aliphatic heterocycles. The first-order valence-electron chi connectivity index (χ1n) is 4.59. The van der Waals surface area contributed by atoms with Crippen LogP contribution in [0.4, 0.5) is 0 Å². The second-order valence-electron chi connectivity index (χ2n) is 4.18. The summed E-state index contributed by atoms with van der Waals surface area (Å²) in [6, 6.07) is 0. The first-order chi connectivity index (χ1) is 5.81. The molecular formula is C9H19ClO2S. The first-order valence-corrected chi connectivity index (χ1v) is 6.78. The van der Waals surface area contributed by atoms with Gasteiger partial charge >= 0.3 is 0 Å². The summed E-state index contributed by atoms with van der Waals surface area (Å²) in [7, 11) is -2.92. The van der Waals surface area contributed by atoms with E-state index in [4.69, 9.17) is 11.6 Å². The van der Waals surface area contributed by atoms with E-state index in [0.29, 0.717) is 5.88 Å². The summed E-state index contributed by atoms with van der Waals surface area (Å²) in [5.74, 6) is 0.906. The molecule has 80 valence electrons. The van der Waals surface area contributed by atoms with E-state index in [1.54, 1.807) is 20.8 Å². The number of hydrogen-bond acceptors (Lipinski definition) is 2. The summed E-state index contributed by atoms with van der Waals surface area (Å²) in [6.07, 6.45) is 2.53. The molecule has 0 bridgehead atoms. The number of sulfone groups is 1. The summed E-state index contributed by atoms with van der Waals surface area (Å²) in [5.41, 5.74) is 0. The molecule has 0 saturated heterocycles. The van der Waals surface area contributed by atoms with E-state index in [1.165, 1.54) is 0 Å².